The highest BCUT2D eigenvalue weighted by atomic mass is 35.5. The molecule has 0 bridgehead atoms. The lowest BCUT2D eigenvalue weighted by atomic mass is 9.95. The fraction of sp³-hybridized carbons (Fsp3) is 0.500. The Balaban J connectivity index is 1.90. The van der Waals surface area contributed by atoms with E-state index in [0.717, 1.165) is 36.1 Å². The third kappa shape index (κ3) is 1.95. The number of benzene rings is 1. The molecule has 0 spiro atoms. The Morgan fingerprint density at radius 3 is 2.94 bits per heavy atom. The lowest BCUT2D eigenvalue weighted by Gasteiger charge is -2.11. The van der Waals surface area contributed by atoms with Gasteiger partial charge in [0.05, 0.1) is 6.61 Å². The number of hydrogen-bond acceptors (Lipinski definition) is 2. The number of carbonyl (C=O) groups is 1. The molecule has 2 aliphatic rings. The number of hydrogen-bond donors (Lipinski definition) is 0. The van der Waals surface area contributed by atoms with Crippen LogP contribution in [0.2, 0.25) is 5.02 Å². The van der Waals surface area contributed by atoms with Crippen LogP contribution in [0.4, 0.5) is 0 Å². The van der Waals surface area contributed by atoms with Crippen molar-refractivity contribution < 1.29 is 9.53 Å². The standard InChI is InChI=1S/C14H15ClO2/c1-14(3-4-14)12(16)8-10-7-11(15)6-9-2-5-17-13(9)10/h6-7H,2-5,8H2,1H3. The summed E-state index contributed by atoms with van der Waals surface area (Å²) in [5, 5.41) is 0.706. The molecule has 2 nitrogen and oxygen atoms in total. The van der Waals surface area contributed by atoms with E-state index in [2.05, 4.69) is 0 Å². The molecule has 0 atom stereocenters. The summed E-state index contributed by atoms with van der Waals surface area (Å²) in [6.45, 7) is 2.75. The maximum atomic E-state index is 12.1. The van der Waals surface area contributed by atoms with Gasteiger partial charge in [-0.05, 0) is 30.5 Å². The zero-order valence-electron chi connectivity index (χ0n) is 9.88. The van der Waals surface area contributed by atoms with Gasteiger partial charge >= 0.3 is 0 Å². The second-order valence-electron chi connectivity index (χ2n) is 5.31. The molecular weight excluding hydrogens is 236 g/mol. The van der Waals surface area contributed by atoms with Crippen LogP contribution in [-0.4, -0.2) is 12.4 Å². The Hall–Kier alpha value is -1.02. The summed E-state index contributed by atoms with van der Waals surface area (Å²) in [4.78, 5) is 12.1. The first-order valence-electron chi connectivity index (χ1n) is 6.06. The van der Waals surface area contributed by atoms with Crippen molar-refractivity contribution >= 4 is 17.4 Å². The minimum atomic E-state index is -0.0756. The van der Waals surface area contributed by atoms with Crippen molar-refractivity contribution in [1.82, 2.24) is 0 Å². The van der Waals surface area contributed by atoms with Crippen molar-refractivity contribution in [2.24, 2.45) is 5.41 Å². The van der Waals surface area contributed by atoms with E-state index in [4.69, 9.17) is 16.3 Å². The Labute approximate surface area is 106 Å². The van der Waals surface area contributed by atoms with E-state index in [0.29, 0.717) is 23.8 Å². The number of ether oxygens (including phenoxy) is 1. The number of ketones is 1. The van der Waals surface area contributed by atoms with E-state index in [1.54, 1.807) is 0 Å². The minimum absolute atomic E-state index is 0.0756. The van der Waals surface area contributed by atoms with Crippen LogP contribution in [0, 0.1) is 5.41 Å². The average molecular weight is 251 g/mol. The number of fused-ring (bicyclic) bond motifs is 1. The van der Waals surface area contributed by atoms with E-state index in [1.165, 1.54) is 0 Å². The van der Waals surface area contributed by atoms with Crippen LogP contribution in [0.25, 0.3) is 0 Å². The third-order valence-electron chi connectivity index (χ3n) is 3.85. The molecule has 0 radical (unpaired) electrons. The molecule has 1 aliphatic carbocycles. The van der Waals surface area contributed by atoms with Crippen molar-refractivity contribution in [3.8, 4) is 5.75 Å². The van der Waals surface area contributed by atoms with Gasteiger partial charge in [0.2, 0.25) is 0 Å². The second kappa shape index (κ2) is 3.74. The van der Waals surface area contributed by atoms with Crippen LogP contribution in [0.15, 0.2) is 12.1 Å². The van der Waals surface area contributed by atoms with Crippen molar-refractivity contribution in [1.29, 1.82) is 0 Å². The second-order valence-corrected chi connectivity index (χ2v) is 5.75. The van der Waals surface area contributed by atoms with Crippen LogP contribution in [-0.2, 0) is 17.6 Å². The van der Waals surface area contributed by atoms with E-state index < -0.39 is 0 Å². The highest BCUT2D eigenvalue weighted by Gasteiger charge is 2.44. The molecule has 0 N–H and O–H groups in total. The van der Waals surface area contributed by atoms with Crippen molar-refractivity contribution in [2.45, 2.75) is 32.6 Å². The molecule has 1 saturated carbocycles. The first-order valence-corrected chi connectivity index (χ1v) is 6.44. The smallest absolute Gasteiger partial charge is 0.143 e. The molecule has 0 aromatic heterocycles. The predicted octanol–water partition coefficient (Wildman–Crippen LogP) is 3.19. The molecule has 1 heterocycles. The molecule has 1 fully saturated rings. The maximum absolute atomic E-state index is 12.1. The molecule has 0 unspecified atom stereocenters. The van der Waals surface area contributed by atoms with Crippen LogP contribution in [0.5, 0.6) is 5.75 Å². The van der Waals surface area contributed by atoms with Gasteiger partial charge in [-0.25, -0.2) is 0 Å². The van der Waals surface area contributed by atoms with E-state index >= 15 is 0 Å². The molecule has 1 aromatic rings. The molecule has 3 rings (SSSR count). The van der Waals surface area contributed by atoms with Crippen molar-refractivity contribution in [3.63, 3.8) is 0 Å². The summed E-state index contributed by atoms with van der Waals surface area (Å²) < 4.78 is 5.61. The quantitative estimate of drug-likeness (QED) is 0.824. The topological polar surface area (TPSA) is 26.3 Å². The Kier molecular flexibility index (Phi) is 2.44. The monoisotopic (exact) mass is 250 g/mol. The third-order valence-corrected chi connectivity index (χ3v) is 4.07. The highest BCUT2D eigenvalue weighted by molar-refractivity contribution is 6.30. The van der Waals surface area contributed by atoms with Crippen LogP contribution in [0.1, 0.15) is 30.9 Å². The SMILES string of the molecule is CC1(C(=O)Cc2cc(Cl)cc3c2OCC3)CC1. The van der Waals surface area contributed by atoms with Gasteiger partial charge in [0.25, 0.3) is 0 Å². The summed E-state index contributed by atoms with van der Waals surface area (Å²) in [5.74, 6) is 1.21. The summed E-state index contributed by atoms with van der Waals surface area (Å²) >= 11 is 6.08. The van der Waals surface area contributed by atoms with Gasteiger partial charge in [0.15, 0.2) is 0 Å². The molecule has 1 aliphatic heterocycles. The van der Waals surface area contributed by atoms with Gasteiger partial charge in [0.1, 0.15) is 11.5 Å². The van der Waals surface area contributed by atoms with E-state index in [9.17, 15) is 4.79 Å². The maximum Gasteiger partial charge on any atom is 0.143 e. The predicted molar refractivity (Wildman–Crippen MR) is 66.7 cm³/mol. The lowest BCUT2D eigenvalue weighted by molar-refractivity contribution is -0.122. The van der Waals surface area contributed by atoms with Gasteiger partial charge < -0.3 is 4.74 Å². The fourth-order valence-electron chi connectivity index (χ4n) is 2.33. The minimum Gasteiger partial charge on any atom is -0.493 e. The Morgan fingerprint density at radius 1 is 1.47 bits per heavy atom. The number of rotatable bonds is 3. The molecule has 0 saturated heterocycles. The molecular formula is C14H15ClO2. The van der Waals surface area contributed by atoms with E-state index in [1.807, 2.05) is 19.1 Å². The fourth-order valence-corrected chi connectivity index (χ4v) is 2.59. The van der Waals surface area contributed by atoms with Gasteiger partial charge in [-0.1, -0.05) is 18.5 Å². The van der Waals surface area contributed by atoms with E-state index in [-0.39, 0.29) is 5.41 Å². The van der Waals surface area contributed by atoms with Gasteiger partial charge in [-0.3, -0.25) is 4.79 Å². The summed E-state index contributed by atoms with van der Waals surface area (Å²) in [5.41, 5.74) is 2.03. The van der Waals surface area contributed by atoms with Gasteiger partial charge in [-0.2, -0.15) is 0 Å². The van der Waals surface area contributed by atoms with Gasteiger partial charge in [0, 0.05) is 28.8 Å². The first kappa shape index (κ1) is 11.1. The summed E-state index contributed by atoms with van der Waals surface area (Å²) in [7, 11) is 0. The molecule has 17 heavy (non-hydrogen) atoms. The molecule has 0 amide bonds. The summed E-state index contributed by atoms with van der Waals surface area (Å²) in [6.07, 6.45) is 3.40. The Morgan fingerprint density at radius 2 is 2.24 bits per heavy atom. The zero-order valence-corrected chi connectivity index (χ0v) is 10.6. The average Bonchev–Trinajstić information content (AvgIpc) is 2.86. The van der Waals surface area contributed by atoms with Crippen LogP contribution in [0.3, 0.4) is 0 Å². The zero-order chi connectivity index (χ0) is 12.0. The Bertz CT molecular complexity index is 489. The van der Waals surface area contributed by atoms with Crippen molar-refractivity contribution in [2.75, 3.05) is 6.61 Å². The molecule has 90 valence electrons. The number of Topliss-reactive ketones (excluding diaryl/α,β-unsaturated/α-hetero) is 1. The summed E-state index contributed by atoms with van der Waals surface area (Å²) in [6, 6.07) is 3.81. The highest BCUT2D eigenvalue weighted by Crippen LogP contribution is 2.47. The lowest BCUT2D eigenvalue weighted by Crippen LogP contribution is -2.14. The van der Waals surface area contributed by atoms with Gasteiger partial charge in [-0.15, -0.1) is 0 Å². The molecule has 3 heteroatoms. The normalized spacial score (nSPS) is 19.6. The number of halogens is 1. The van der Waals surface area contributed by atoms with Crippen molar-refractivity contribution in [3.05, 3.63) is 28.3 Å². The molecule has 1 aromatic carbocycles. The van der Waals surface area contributed by atoms with Crippen LogP contribution >= 0.6 is 11.6 Å². The largest absolute Gasteiger partial charge is 0.493 e. The van der Waals surface area contributed by atoms with Crippen LogP contribution < -0.4 is 4.74 Å². The first-order chi connectivity index (χ1) is 8.08. The number of carbonyl (C=O) groups excluding carboxylic acids is 1.